The van der Waals surface area contributed by atoms with Crippen LogP contribution in [0.5, 0.6) is 5.75 Å². The lowest BCUT2D eigenvalue weighted by molar-refractivity contribution is 0.201. The van der Waals surface area contributed by atoms with Crippen molar-refractivity contribution < 1.29 is 9.84 Å². The number of aliphatic hydroxyl groups is 1. The summed E-state index contributed by atoms with van der Waals surface area (Å²) in [7, 11) is 0. The molecule has 0 aliphatic heterocycles. The Morgan fingerprint density at radius 3 is 2.92 bits per heavy atom. The molecule has 0 fully saturated rings. The molecule has 0 saturated heterocycles. The number of hydrogen-bond acceptors (Lipinski definition) is 3. The highest BCUT2D eigenvalue weighted by molar-refractivity contribution is 9.10. The molecule has 0 saturated carbocycles. The lowest BCUT2D eigenvalue weighted by Crippen LogP contribution is -2.01. The van der Waals surface area contributed by atoms with Crippen LogP contribution in [-0.2, 0) is 0 Å². The topological polar surface area (TPSA) is 53.2 Å². The Labute approximate surface area is 84.7 Å². The zero-order valence-corrected chi connectivity index (χ0v) is 8.41. The third-order valence-electron chi connectivity index (χ3n) is 1.42. The SMILES string of the molecule is N#Cc1cc(OCCO)ccc1Br. The van der Waals surface area contributed by atoms with Crippen molar-refractivity contribution in [2.24, 2.45) is 0 Å². The minimum absolute atomic E-state index is 0.0298. The zero-order chi connectivity index (χ0) is 9.68. The summed E-state index contributed by atoms with van der Waals surface area (Å²) in [5, 5.41) is 17.2. The van der Waals surface area contributed by atoms with E-state index in [1.54, 1.807) is 18.2 Å². The molecule has 1 N–H and O–H groups in total. The van der Waals surface area contributed by atoms with E-state index < -0.39 is 0 Å². The molecule has 3 nitrogen and oxygen atoms in total. The van der Waals surface area contributed by atoms with Crippen molar-refractivity contribution >= 4 is 15.9 Å². The highest BCUT2D eigenvalue weighted by Crippen LogP contribution is 2.21. The molecule has 0 amide bonds. The number of halogens is 1. The Bertz CT molecular complexity index is 333. The first-order valence-corrected chi connectivity index (χ1v) is 4.50. The Kier molecular flexibility index (Phi) is 3.74. The van der Waals surface area contributed by atoms with Gasteiger partial charge in [0.25, 0.3) is 0 Å². The molecule has 0 unspecified atom stereocenters. The van der Waals surface area contributed by atoms with E-state index in [2.05, 4.69) is 15.9 Å². The summed E-state index contributed by atoms with van der Waals surface area (Å²) in [6.07, 6.45) is 0. The average molecular weight is 242 g/mol. The number of nitriles is 1. The molecule has 0 heterocycles. The molecule has 0 aromatic heterocycles. The van der Waals surface area contributed by atoms with Gasteiger partial charge in [-0.05, 0) is 34.1 Å². The molecule has 0 atom stereocenters. The Hall–Kier alpha value is -1.05. The standard InChI is InChI=1S/C9H8BrNO2/c10-9-2-1-8(13-4-3-12)5-7(9)6-11/h1-2,5,12H,3-4H2. The number of nitrogens with zero attached hydrogens (tertiary/aromatic N) is 1. The molecule has 0 bridgehead atoms. The maximum Gasteiger partial charge on any atom is 0.120 e. The molecule has 4 heteroatoms. The van der Waals surface area contributed by atoms with Crippen molar-refractivity contribution in [2.45, 2.75) is 0 Å². The van der Waals surface area contributed by atoms with Gasteiger partial charge in [0.1, 0.15) is 18.4 Å². The van der Waals surface area contributed by atoms with Crippen molar-refractivity contribution in [3.63, 3.8) is 0 Å². The number of aliphatic hydroxyl groups excluding tert-OH is 1. The van der Waals surface area contributed by atoms with Crippen LogP contribution in [0.1, 0.15) is 5.56 Å². The maximum absolute atomic E-state index is 8.68. The molecule has 1 aromatic rings. The van der Waals surface area contributed by atoms with Crippen molar-refractivity contribution in [1.82, 2.24) is 0 Å². The minimum Gasteiger partial charge on any atom is -0.491 e. The highest BCUT2D eigenvalue weighted by Gasteiger charge is 2.00. The fourth-order valence-electron chi connectivity index (χ4n) is 0.843. The fourth-order valence-corrected chi connectivity index (χ4v) is 1.18. The van der Waals surface area contributed by atoms with Crippen LogP contribution in [0.3, 0.4) is 0 Å². The van der Waals surface area contributed by atoms with Crippen LogP contribution in [-0.4, -0.2) is 18.3 Å². The highest BCUT2D eigenvalue weighted by atomic mass is 79.9. The van der Waals surface area contributed by atoms with E-state index in [1.165, 1.54) is 0 Å². The second-order valence-corrected chi connectivity index (χ2v) is 3.18. The number of hydrogen-bond donors (Lipinski definition) is 1. The molecule has 1 rings (SSSR count). The van der Waals surface area contributed by atoms with E-state index in [9.17, 15) is 0 Å². The van der Waals surface area contributed by atoms with Crippen LogP contribution in [0.2, 0.25) is 0 Å². The first kappa shape index (κ1) is 10.0. The summed E-state index contributed by atoms with van der Waals surface area (Å²) in [5.41, 5.74) is 0.524. The maximum atomic E-state index is 8.68. The summed E-state index contributed by atoms with van der Waals surface area (Å²) in [6, 6.07) is 7.13. The molecular formula is C9H8BrNO2. The number of benzene rings is 1. The van der Waals surface area contributed by atoms with Gasteiger partial charge in [-0.2, -0.15) is 5.26 Å². The van der Waals surface area contributed by atoms with Gasteiger partial charge in [0.2, 0.25) is 0 Å². The predicted molar refractivity (Wildman–Crippen MR) is 51.4 cm³/mol. The molecule has 0 radical (unpaired) electrons. The summed E-state index contributed by atoms with van der Waals surface area (Å²) in [5.74, 6) is 0.591. The molecular weight excluding hydrogens is 234 g/mol. The van der Waals surface area contributed by atoms with Gasteiger partial charge in [-0.1, -0.05) is 0 Å². The van der Waals surface area contributed by atoms with Crippen LogP contribution in [0.4, 0.5) is 0 Å². The van der Waals surface area contributed by atoms with Gasteiger partial charge in [0.05, 0.1) is 12.2 Å². The fraction of sp³-hybridized carbons (Fsp3) is 0.222. The third kappa shape index (κ3) is 2.72. The third-order valence-corrected chi connectivity index (χ3v) is 2.11. The monoisotopic (exact) mass is 241 g/mol. The summed E-state index contributed by atoms with van der Waals surface area (Å²) < 4.78 is 5.87. The van der Waals surface area contributed by atoms with Crippen molar-refractivity contribution in [3.05, 3.63) is 28.2 Å². The molecule has 13 heavy (non-hydrogen) atoms. The zero-order valence-electron chi connectivity index (χ0n) is 6.83. The van der Waals surface area contributed by atoms with E-state index in [4.69, 9.17) is 15.1 Å². The smallest absolute Gasteiger partial charge is 0.120 e. The van der Waals surface area contributed by atoms with Gasteiger partial charge in [-0.15, -0.1) is 0 Å². The normalized spacial score (nSPS) is 9.31. The lowest BCUT2D eigenvalue weighted by Gasteiger charge is -2.04. The number of ether oxygens (including phenoxy) is 1. The summed E-state index contributed by atoms with van der Waals surface area (Å²) in [6.45, 7) is 0.213. The quantitative estimate of drug-likeness (QED) is 0.877. The average Bonchev–Trinajstić information content (AvgIpc) is 2.16. The van der Waals surface area contributed by atoms with Crippen molar-refractivity contribution in [2.75, 3.05) is 13.2 Å². The molecule has 68 valence electrons. The molecule has 0 aliphatic rings. The number of rotatable bonds is 3. The van der Waals surface area contributed by atoms with Crippen LogP contribution in [0, 0.1) is 11.3 Å². The first-order chi connectivity index (χ1) is 6.27. The van der Waals surface area contributed by atoms with E-state index in [1.807, 2.05) is 6.07 Å². The second-order valence-electron chi connectivity index (χ2n) is 2.33. The van der Waals surface area contributed by atoms with Gasteiger partial charge in [-0.3, -0.25) is 0 Å². The molecule has 0 spiro atoms. The molecule has 1 aromatic carbocycles. The summed E-state index contributed by atoms with van der Waals surface area (Å²) >= 11 is 3.23. The Balaban J connectivity index is 2.82. The van der Waals surface area contributed by atoms with Gasteiger partial charge in [0.15, 0.2) is 0 Å². The molecule has 0 aliphatic carbocycles. The van der Waals surface area contributed by atoms with Gasteiger partial charge >= 0.3 is 0 Å². The minimum atomic E-state index is -0.0298. The van der Waals surface area contributed by atoms with E-state index in [0.717, 1.165) is 4.47 Å². The Morgan fingerprint density at radius 1 is 1.54 bits per heavy atom. The predicted octanol–water partition coefficient (Wildman–Crippen LogP) is 1.69. The van der Waals surface area contributed by atoms with Crippen molar-refractivity contribution in [1.29, 1.82) is 5.26 Å². The van der Waals surface area contributed by atoms with Crippen molar-refractivity contribution in [3.8, 4) is 11.8 Å². The second kappa shape index (κ2) is 4.85. The van der Waals surface area contributed by atoms with Crippen LogP contribution in [0.25, 0.3) is 0 Å². The van der Waals surface area contributed by atoms with E-state index in [0.29, 0.717) is 11.3 Å². The Morgan fingerprint density at radius 2 is 2.31 bits per heavy atom. The van der Waals surface area contributed by atoms with Crippen LogP contribution >= 0.6 is 15.9 Å². The lowest BCUT2D eigenvalue weighted by atomic mass is 10.2. The van der Waals surface area contributed by atoms with Gasteiger partial charge in [0, 0.05) is 4.47 Å². The van der Waals surface area contributed by atoms with E-state index in [-0.39, 0.29) is 13.2 Å². The van der Waals surface area contributed by atoms with Crippen LogP contribution < -0.4 is 4.74 Å². The summed E-state index contributed by atoms with van der Waals surface area (Å²) in [4.78, 5) is 0. The van der Waals surface area contributed by atoms with Gasteiger partial charge in [-0.25, -0.2) is 0 Å². The first-order valence-electron chi connectivity index (χ1n) is 3.71. The van der Waals surface area contributed by atoms with Crippen LogP contribution in [0.15, 0.2) is 22.7 Å². The van der Waals surface area contributed by atoms with E-state index >= 15 is 0 Å². The largest absolute Gasteiger partial charge is 0.491 e. The van der Waals surface area contributed by atoms with Gasteiger partial charge < -0.3 is 9.84 Å².